The third kappa shape index (κ3) is 1.28. The molecule has 4 atom stereocenters. The van der Waals surface area contributed by atoms with Gasteiger partial charge in [-0.3, -0.25) is 0 Å². The number of rotatable bonds is 0. The van der Waals surface area contributed by atoms with Crippen molar-refractivity contribution in [3.8, 4) is 0 Å². The average Bonchev–Trinajstić information content (AvgIpc) is 1.93. The summed E-state index contributed by atoms with van der Waals surface area (Å²) in [6.07, 6.45) is -5.23. The molecule has 1 heterocycles. The normalized spacial score (nSPS) is 49.2. The maximum Gasteiger partial charge on any atom is 0.183 e. The first-order valence-corrected chi connectivity index (χ1v) is 2.97. The van der Waals surface area contributed by atoms with Crippen LogP contribution in [0, 0.1) is 0 Å². The smallest absolute Gasteiger partial charge is 0.183 e. The predicted octanol–water partition coefficient (Wildman–Crippen LogP) is -2.58. The molecule has 0 radical (unpaired) electrons. The van der Waals surface area contributed by atoms with Crippen molar-refractivity contribution in [2.45, 2.75) is 24.6 Å². The van der Waals surface area contributed by atoms with E-state index in [1.54, 1.807) is 0 Å². The van der Waals surface area contributed by atoms with Gasteiger partial charge in [0, 0.05) is 0 Å². The fourth-order valence-corrected chi connectivity index (χ4v) is 0.791. The summed E-state index contributed by atoms with van der Waals surface area (Å²) in [5, 5.41) is 35.3. The Bertz CT molecular complexity index is 103. The summed E-state index contributed by atoms with van der Waals surface area (Å²) < 4.78 is 4.47. The summed E-state index contributed by atoms with van der Waals surface area (Å²) in [6.45, 7) is -0.153. The van der Waals surface area contributed by atoms with Crippen molar-refractivity contribution >= 4 is 0 Å². The van der Waals surface area contributed by atoms with E-state index in [4.69, 9.17) is 20.4 Å². The van der Waals surface area contributed by atoms with E-state index in [9.17, 15) is 0 Å². The van der Waals surface area contributed by atoms with Crippen LogP contribution in [0.4, 0.5) is 0 Å². The molecule has 0 aromatic rings. The molecule has 1 saturated heterocycles. The van der Waals surface area contributed by atoms with Gasteiger partial charge < -0.3 is 25.2 Å². The van der Waals surface area contributed by atoms with Crippen LogP contribution in [-0.2, 0) is 4.74 Å². The first kappa shape index (κ1) is 7.90. The zero-order valence-electron chi connectivity index (χ0n) is 5.21. The highest BCUT2D eigenvalue weighted by Crippen LogP contribution is 2.12. The van der Waals surface area contributed by atoms with Crippen molar-refractivity contribution in [1.29, 1.82) is 0 Å². The molecule has 0 spiro atoms. The molecule has 10 heavy (non-hydrogen) atoms. The quantitative estimate of drug-likeness (QED) is 0.286. The third-order valence-electron chi connectivity index (χ3n) is 1.47. The second kappa shape index (κ2) is 2.81. The van der Waals surface area contributed by atoms with Crippen LogP contribution in [0.25, 0.3) is 0 Å². The van der Waals surface area contributed by atoms with Crippen LogP contribution in [-0.4, -0.2) is 51.6 Å². The molecule has 60 valence electrons. The van der Waals surface area contributed by atoms with Crippen LogP contribution < -0.4 is 0 Å². The van der Waals surface area contributed by atoms with Crippen molar-refractivity contribution in [3.05, 3.63) is 0 Å². The van der Waals surface area contributed by atoms with Gasteiger partial charge in [0.05, 0.1) is 6.61 Å². The number of ether oxygens (including phenoxy) is 1. The highest BCUT2D eigenvalue weighted by Gasteiger charge is 2.36. The van der Waals surface area contributed by atoms with Crippen molar-refractivity contribution in [1.82, 2.24) is 0 Å². The van der Waals surface area contributed by atoms with Crippen LogP contribution in [0.15, 0.2) is 0 Å². The maximum absolute atomic E-state index is 8.88. The Balaban J connectivity index is 2.52. The van der Waals surface area contributed by atoms with Gasteiger partial charge in [-0.05, 0) is 0 Å². The number of aliphatic hydroxyl groups excluding tert-OH is 4. The molecule has 0 aliphatic carbocycles. The average molecular weight is 152 g/mol. The van der Waals surface area contributed by atoms with Gasteiger partial charge in [0.15, 0.2) is 6.29 Å². The van der Waals surface area contributed by atoms with E-state index < -0.39 is 24.6 Å². The Hall–Kier alpha value is -0.200. The fourth-order valence-electron chi connectivity index (χ4n) is 0.791. The first-order valence-electron chi connectivity index (χ1n) is 2.97. The minimum atomic E-state index is -1.41. The lowest BCUT2D eigenvalue weighted by atomic mass is 10.3. The Kier molecular flexibility index (Phi) is 2.22. The molecule has 5 heteroatoms. The van der Waals surface area contributed by atoms with E-state index in [2.05, 4.69) is 4.74 Å². The standard InChI is InChI=1S/C5H10O5/c6-2-1-10-5(9)4(8)3(2)7/h2-9H,1H2/t2-,3-,4-,5?/m1/s1/i4+1,5+1. The highest BCUT2D eigenvalue weighted by molar-refractivity contribution is 4.81. The zero-order chi connectivity index (χ0) is 7.72. The second-order valence-corrected chi connectivity index (χ2v) is 2.27. The first-order chi connectivity index (χ1) is 4.63. The van der Waals surface area contributed by atoms with Crippen molar-refractivity contribution in [2.24, 2.45) is 0 Å². The summed E-state index contributed by atoms with van der Waals surface area (Å²) >= 11 is 0. The summed E-state index contributed by atoms with van der Waals surface area (Å²) in [6, 6.07) is 0. The van der Waals surface area contributed by atoms with E-state index in [1.165, 1.54) is 0 Å². The highest BCUT2D eigenvalue weighted by atomic mass is 16.8. The Morgan fingerprint density at radius 3 is 2.10 bits per heavy atom. The van der Waals surface area contributed by atoms with Crippen LogP contribution in [0.2, 0.25) is 0 Å². The van der Waals surface area contributed by atoms with E-state index in [0.717, 1.165) is 0 Å². The summed E-state index contributed by atoms with van der Waals surface area (Å²) in [4.78, 5) is 0. The molecule has 1 unspecified atom stereocenters. The van der Waals surface area contributed by atoms with Crippen molar-refractivity contribution in [2.75, 3.05) is 6.61 Å². The van der Waals surface area contributed by atoms with Gasteiger partial charge in [-0.15, -0.1) is 0 Å². The van der Waals surface area contributed by atoms with Gasteiger partial charge >= 0.3 is 0 Å². The van der Waals surface area contributed by atoms with Gasteiger partial charge in [0.1, 0.15) is 18.3 Å². The molecule has 1 aliphatic heterocycles. The largest absolute Gasteiger partial charge is 0.388 e. The molecule has 1 fully saturated rings. The second-order valence-electron chi connectivity index (χ2n) is 2.27. The van der Waals surface area contributed by atoms with Gasteiger partial charge in [0.2, 0.25) is 0 Å². The van der Waals surface area contributed by atoms with Gasteiger partial charge in [-0.2, -0.15) is 0 Å². The van der Waals surface area contributed by atoms with Crippen LogP contribution in [0.1, 0.15) is 0 Å². The lowest BCUT2D eigenvalue weighted by Gasteiger charge is -2.31. The topological polar surface area (TPSA) is 90.2 Å². The predicted molar refractivity (Wildman–Crippen MR) is 30.0 cm³/mol. The molecular formula is C5H10O5. The van der Waals surface area contributed by atoms with Crippen LogP contribution in [0.3, 0.4) is 0 Å². The van der Waals surface area contributed by atoms with Gasteiger partial charge in [-0.1, -0.05) is 0 Å². The Morgan fingerprint density at radius 1 is 1.00 bits per heavy atom. The summed E-state index contributed by atoms with van der Waals surface area (Å²) in [7, 11) is 0. The lowest BCUT2D eigenvalue weighted by Crippen LogP contribution is -2.52. The zero-order valence-corrected chi connectivity index (χ0v) is 5.21. The molecule has 0 bridgehead atoms. The molecule has 5 nitrogen and oxygen atoms in total. The van der Waals surface area contributed by atoms with E-state index in [-0.39, 0.29) is 6.61 Å². The third-order valence-corrected chi connectivity index (χ3v) is 1.47. The minimum Gasteiger partial charge on any atom is -0.388 e. The maximum atomic E-state index is 8.88. The van der Waals surface area contributed by atoms with Gasteiger partial charge in [0.25, 0.3) is 0 Å². The van der Waals surface area contributed by atoms with Gasteiger partial charge in [-0.25, -0.2) is 0 Å². The Labute approximate surface area is 57.5 Å². The van der Waals surface area contributed by atoms with E-state index in [1.807, 2.05) is 0 Å². The van der Waals surface area contributed by atoms with Crippen molar-refractivity contribution in [3.63, 3.8) is 0 Å². The lowest BCUT2D eigenvalue weighted by molar-refractivity contribution is -0.252. The molecular weight excluding hydrogens is 142 g/mol. The van der Waals surface area contributed by atoms with E-state index in [0.29, 0.717) is 0 Å². The number of hydrogen-bond donors (Lipinski definition) is 4. The SMILES string of the molecule is O[C@@H]1CO[13CH](O)[13C@H](O)[C@@H]1O. The fraction of sp³-hybridized carbons (Fsp3) is 1.00. The molecule has 0 aromatic heterocycles. The Morgan fingerprint density at radius 2 is 1.60 bits per heavy atom. The summed E-state index contributed by atoms with van der Waals surface area (Å²) in [5.41, 5.74) is 0. The minimum absolute atomic E-state index is 0.153. The summed E-state index contributed by atoms with van der Waals surface area (Å²) in [5.74, 6) is 0. The van der Waals surface area contributed by atoms with Crippen molar-refractivity contribution < 1.29 is 25.2 Å². The molecule has 0 aromatic carbocycles. The van der Waals surface area contributed by atoms with E-state index >= 15 is 0 Å². The molecule has 1 rings (SSSR count). The molecule has 0 saturated carbocycles. The molecule has 1 aliphatic rings. The monoisotopic (exact) mass is 152 g/mol. The molecule has 0 amide bonds. The molecule has 4 N–H and O–H groups in total. The van der Waals surface area contributed by atoms with Crippen LogP contribution in [0.5, 0.6) is 0 Å². The number of hydrogen-bond acceptors (Lipinski definition) is 5. The number of aliphatic hydroxyl groups is 4. The van der Waals surface area contributed by atoms with Crippen LogP contribution >= 0.6 is 0 Å².